The minimum Gasteiger partial charge on any atom is -0.481 e. The summed E-state index contributed by atoms with van der Waals surface area (Å²) in [6.45, 7) is 2.05. The van der Waals surface area contributed by atoms with E-state index in [0.717, 1.165) is 22.3 Å². The second-order valence-corrected chi connectivity index (χ2v) is 6.77. The summed E-state index contributed by atoms with van der Waals surface area (Å²) in [4.78, 5) is 25.3. The monoisotopic (exact) mass is 399 g/mol. The Morgan fingerprint density at radius 2 is 1.87 bits per heavy atom. The number of methoxy groups -OCH3 is 1. The lowest BCUT2D eigenvalue weighted by atomic mass is 10.1. The maximum atomic E-state index is 12.5. The quantitative estimate of drug-likeness (QED) is 0.498. The number of anilines is 2. The van der Waals surface area contributed by atoms with E-state index in [1.165, 1.54) is 13.3 Å². The van der Waals surface area contributed by atoms with Gasteiger partial charge < -0.3 is 15.4 Å². The molecule has 2 heterocycles. The van der Waals surface area contributed by atoms with Crippen molar-refractivity contribution in [2.24, 2.45) is 0 Å². The molecule has 0 saturated heterocycles. The van der Waals surface area contributed by atoms with Crippen LogP contribution in [0.15, 0.2) is 73.2 Å². The number of nitrogens with zero attached hydrogens (tertiary/aromatic N) is 3. The van der Waals surface area contributed by atoms with Gasteiger partial charge in [-0.3, -0.25) is 4.79 Å². The van der Waals surface area contributed by atoms with Crippen molar-refractivity contribution in [2.45, 2.75) is 13.0 Å². The van der Waals surface area contributed by atoms with Gasteiger partial charge in [-0.2, -0.15) is 0 Å². The van der Waals surface area contributed by atoms with E-state index in [0.29, 0.717) is 17.1 Å². The summed E-state index contributed by atoms with van der Waals surface area (Å²) in [5.74, 6) is 1.00. The van der Waals surface area contributed by atoms with E-state index in [-0.39, 0.29) is 11.9 Å². The standard InChI is InChI=1S/C23H21N5O2/c1-15(27-22-19-8-3-4-9-20(19)25-14-26-22)16-6-5-7-18(12-16)28-23(29)17-10-11-21(30-2)24-13-17/h3-15H,1-2H3,(H,28,29)(H,25,26,27)/t15-/m1/s1. The predicted octanol–water partition coefficient (Wildman–Crippen LogP) is 4.46. The van der Waals surface area contributed by atoms with Crippen LogP contribution in [0.2, 0.25) is 0 Å². The van der Waals surface area contributed by atoms with Crippen molar-refractivity contribution in [1.29, 1.82) is 0 Å². The number of hydrogen-bond donors (Lipinski definition) is 2. The van der Waals surface area contributed by atoms with Crippen molar-refractivity contribution in [3.63, 3.8) is 0 Å². The largest absolute Gasteiger partial charge is 0.481 e. The van der Waals surface area contributed by atoms with Crippen molar-refractivity contribution in [3.8, 4) is 5.88 Å². The van der Waals surface area contributed by atoms with Crippen LogP contribution in [0.5, 0.6) is 5.88 Å². The lowest BCUT2D eigenvalue weighted by Crippen LogP contribution is -2.13. The molecule has 2 aromatic carbocycles. The molecule has 1 atom stereocenters. The van der Waals surface area contributed by atoms with E-state index < -0.39 is 0 Å². The van der Waals surface area contributed by atoms with Crippen LogP contribution in [0, 0.1) is 0 Å². The summed E-state index contributed by atoms with van der Waals surface area (Å²) >= 11 is 0. The smallest absolute Gasteiger partial charge is 0.257 e. The third-order valence-corrected chi connectivity index (χ3v) is 4.75. The van der Waals surface area contributed by atoms with Crippen LogP contribution >= 0.6 is 0 Å². The SMILES string of the molecule is COc1ccc(C(=O)Nc2cccc([C@@H](C)Nc3ncnc4ccccc34)c2)cn1. The molecule has 0 aliphatic carbocycles. The molecule has 2 N–H and O–H groups in total. The maximum absolute atomic E-state index is 12.5. The van der Waals surface area contributed by atoms with Crippen LogP contribution in [-0.2, 0) is 0 Å². The Bertz CT molecular complexity index is 1170. The summed E-state index contributed by atoms with van der Waals surface area (Å²) in [7, 11) is 1.53. The molecular weight excluding hydrogens is 378 g/mol. The number of para-hydroxylation sites is 1. The molecule has 0 bridgehead atoms. The number of carbonyl (C=O) groups is 1. The Kier molecular flexibility index (Phi) is 5.52. The predicted molar refractivity (Wildman–Crippen MR) is 117 cm³/mol. The molecule has 4 aromatic rings. The molecule has 1 amide bonds. The van der Waals surface area contributed by atoms with Crippen molar-refractivity contribution in [2.75, 3.05) is 17.7 Å². The molecule has 0 unspecified atom stereocenters. The van der Waals surface area contributed by atoms with Gasteiger partial charge in [0.15, 0.2) is 0 Å². The van der Waals surface area contributed by atoms with Crippen LogP contribution in [0.25, 0.3) is 10.9 Å². The second kappa shape index (κ2) is 8.57. The molecule has 7 nitrogen and oxygen atoms in total. The molecule has 0 spiro atoms. The van der Waals surface area contributed by atoms with Gasteiger partial charge in [-0.1, -0.05) is 24.3 Å². The molecule has 4 rings (SSSR count). The molecular formula is C23H21N5O2. The second-order valence-electron chi connectivity index (χ2n) is 6.77. The number of nitrogens with one attached hydrogen (secondary N) is 2. The van der Waals surface area contributed by atoms with Crippen LogP contribution in [0.1, 0.15) is 28.9 Å². The van der Waals surface area contributed by atoms with Crippen LogP contribution in [0.3, 0.4) is 0 Å². The van der Waals surface area contributed by atoms with Gasteiger partial charge in [0, 0.05) is 23.3 Å². The van der Waals surface area contributed by atoms with E-state index >= 15 is 0 Å². The normalized spacial score (nSPS) is 11.7. The highest BCUT2D eigenvalue weighted by Gasteiger charge is 2.12. The van der Waals surface area contributed by atoms with Gasteiger partial charge in [0.2, 0.25) is 5.88 Å². The van der Waals surface area contributed by atoms with Gasteiger partial charge >= 0.3 is 0 Å². The summed E-state index contributed by atoms with van der Waals surface area (Å²) < 4.78 is 5.03. The molecule has 150 valence electrons. The molecule has 0 fully saturated rings. The van der Waals surface area contributed by atoms with Gasteiger partial charge in [-0.05, 0) is 42.8 Å². The number of benzene rings is 2. The zero-order chi connectivity index (χ0) is 20.9. The van der Waals surface area contributed by atoms with Gasteiger partial charge in [-0.25, -0.2) is 15.0 Å². The molecule has 0 radical (unpaired) electrons. The molecule has 0 aliphatic rings. The zero-order valence-electron chi connectivity index (χ0n) is 16.7. The Morgan fingerprint density at radius 1 is 1.00 bits per heavy atom. The molecule has 0 saturated carbocycles. The highest BCUT2D eigenvalue weighted by molar-refractivity contribution is 6.04. The van der Waals surface area contributed by atoms with E-state index in [1.807, 2.05) is 55.5 Å². The topological polar surface area (TPSA) is 89.0 Å². The summed E-state index contributed by atoms with van der Waals surface area (Å²) in [6.07, 6.45) is 3.04. The van der Waals surface area contributed by atoms with Crippen molar-refractivity contribution in [1.82, 2.24) is 15.0 Å². The fourth-order valence-electron chi connectivity index (χ4n) is 3.13. The first-order valence-corrected chi connectivity index (χ1v) is 9.51. The molecule has 7 heteroatoms. The summed E-state index contributed by atoms with van der Waals surface area (Å²) in [5, 5.41) is 7.31. The fraction of sp³-hybridized carbons (Fsp3) is 0.130. The maximum Gasteiger partial charge on any atom is 0.257 e. The van der Waals surface area contributed by atoms with E-state index in [4.69, 9.17) is 4.74 Å². The Hall–Kier alpha value is -4.00. The number of pyridine rings is 1. The Balaban J connectivity index is 1.50. The summed E-state index contributed by atoms with van der Waals surface area (Å²) in [5.41, 5.74) is 3.06. The Morgan fingerprint density at radius 3 is 2.67 bits per heavy atom. The number of carbonyl (C=O) groups excluding carboxylic acids is 1. The van der Waals surface area contributed by atoms with Gasteiger partial charge in [0.1, 0.15) is 12.1 Å². The number of ether oxygens (including phenoxy) is 1. The highest BCUT2D eigenvalue weighted by Crippen LogP contribution is 2.25. The van der Waals surface area contributed by atoms with Crippen molar-refractivity contribution in [3.05, 3.63) is 84.3 Å². The average Bonchev–Trinajstić information content (AvgIpc) is 2.79. The van der Waals surface area contributed by atoms with Gasteiger partial charge in [0.05, 0.1) is 24.2 Å². The minimum absolute atomic E-state index is 0.0252. The van der Waals surface area contributed by atoms with E-state index in [9.17, 15) is 4.79 Å². The number of hydrogen-bond acceptors (Lipinski definition) is 6. The minimum atomic E-state index is -0.232. The molecule has 0 aliphatic heterocycles. The number of fused-ring (bicyclic) bond motifs is 1. The molecule has 30 heavy (non-hydrogen) atoms. The van der Waals surface area contributed by atoms with Gasteiger partial charge in [0.25, 0.3) is 5.91 Å². The third-order valence-electron chi connectivity index (χ3n) is 4.75. The van der Waals surface area contributed by atoms with Crippen molar-refractivity contribution >= 4 is 28.3 Å². The van der Waals surface area contributed by atoms with E-state index in [1.54, 1.807) is 18.5 Å². The van der Waals surface area contributed by atoms with E-state index in [2.05, 4.69) is 25.6 Å². The number of amides is 1. The van der Waals surface area contributed by atoms with Gasteiger partial charge in [-0.15, -0.1) is 0 Å². The van der Waals surface area contributed by atoms with Crippen LogP contribution < -0.4 is 15.4 Å². The molecule has 2 aromatic heterocycles. The zero-order valence-corrected chi connectivity index (χ0v) is 16.7. The highest BCUT2D eigenvalue weighted by atomic mass is 16.5. The third kappa shape index (κ3) is 4.20. The van der Waals surface area contributed by atoms with Crippen molar-refractivity contribution < 1.29 is 9.53 Å². The first-order chi connectivity index (χ1) is 14.6. The van der Waals surface area contributed by atoms with Crippen LogP contribution in [-0.4, -0.2) is 28.0 Å². The number of rotatable bonds is 6. The average molecular weight is 399 g/mol. The summed E-state index contributed by atoms with van der Waals surface area (Å²) in [6, 6.07) is 18.9. The lowest BCUT2D eigenvalue weighted by Gasteiger charge is -2.17. The first-order valence-electron chi connectivity index (χ1n) is 9.51. The Labute approximate surface area is 174 Å². The van der Waals surface area contributed by atoms with Crippen LogP contribution in [0.4, 0.5) is 11.5 Å². The number of aromatic nitrogens is 3. The lowest BCUT2D eigenvalue weighted by molar-refractivity contribution is 0.102. The first kappa shape index (κ1) is 19.3. The fourth-order valence-corrected chi connectivity index (χ4v) is 3.13.